The van der Waals surface area contributed by atoms with Crippen molar-refractivity contribution < 1.29 is 4.79 Å². The van der Waals surface area contributed by atoms with E-state index in [9.17, 15) is 4.79 Å². The number of carbonyl (C=O) groups is 1. The number of thioether (sulfide) groups is 2. The minimum atomic E-state index is 0.0163. The molecule has 1 aliphatic rings. The molecule has 4 heteroatoms. The minimum Gasteiger partial charge on any atom is -0.352 e. The molecule has 1 N–H and O–H groups in total. The van der Waals surface area contributed by atoms with E-state index in [2.05, 4.69) is 39.9 Å². The number of hydrogen-bond acceptors (Lipinski definition) is 3. The molecule has 0 radical (unpaired) electrons. The molecule has 1 heterocycles. The number of nitrogens with one attached hydrogen (secondary N) is 1. The summed E-state index contributed by atoms with van der Waals surface area (Å²) in [6.45, 7) is 10.9. The number of hydrogen-bond donors (Lipinski definition) is 1. The largest absolute Gasteiger partial charge is 0.352 e. The fourth-order valence-electron chi connectivity index (χ4n) is 2.49. The molecule has 2 nitrogen and oxygen atoms in total. The topological polar surface area (TPSA) is 29.1 Å². The summed E-state index contributed by atoms with van der Waals surface area (Å²) in [5.41, 5.74) is 0.0163. The van der Waals surface area contributed by atoms with Crippen LogP contribution >= 0.6 is 23.5 Å². The zero-order valence-corrected chi connectivity index (χ0v) is 14.1. The third-order valence-electron chi connectivity index (χ3n) is 3.30. The van der Waals surface area contributed by atoms with Gasteiger partial charge in [-0.3, -0.25) is 4.79 Å². The lowest BCUT2D eigenvalue weighted by Crippen LogP contribution is -2.48. The third kappa shape index (κ3) is 4.69. The first-order valence-corrected chi connectivity index (χ1v) is 8.90. The van der Waals surface area contributed by atoms with E-state index in [-0.39, 0.29) is 16.6 Å². The highest BCUT2D eigenvalue weighted by molar-refractivity contribution is 8.00. The molecular weight excluding hydrogens is 262 g/mol. The predicted molar refractivity (Wildman–Crippen MR) is 84.5 cm³/mol. The summed E-state index contributed by atoms with van der Waals surface area (Å²) in [4.78, 5) is 12.4. The molecule has 0 aromatic carbocycles. The summed E-state index contributed by atoms with van der Waals surface area (Å²) in [5.74, 6) is 1.36. The van der Waals surface area contributed by atoms with Crippen molar-refractivity contribution in [2.75, 3.05) is 12.0 Å². The van der Waals surface area contributed by atoms with Crippen molar-refractivity contribution in [2.24, 2.45) is 5.41 Å². The average Bonchev–Trinajstić information content (AvgIpc) is 2.13. The van der Waals surface area contributed by atoms with Crippen molar-refractivity contribution in [1.29, 1.82) is 0 Å². The molecule has 0 bridgehead atoms. The fourth-order valence-corrected chi connectivity index (χ4v) is 4.75. The first-order chi connectivity index (χ1) is 8.15. The Morgan fingerprint density at radius 2 is 2.06 bits per heavy atom. The molecule has 0 aromatic heterocycles. The van der Waals surface area contributed by atoms with E-state index < -0.39 is 0 Å². The zero-order chi connectivity index (χ0) is 14.0. The van der Waals surface area contributed by atoms with Crippen LogP contribution in [0.3, 0.4) is 0 Å². The number of carbonyl (C=O) groups excluding carboxylic acids is 1. The monoisotopic (exact) mass is 289 g/mol. The van der Waals surface area contributed by atoms with Gasteiger partial charge in [0.1, 0.15) is 0 Å². The summed E-state index contributed by atoms with van der Waals surface area (Å²) >= 11 is 3.67. The van der Waals surface area contributed by atoms with Crippen LogP contribution in [-0.2, 0) is 4.79 Å². The van der Waals surface area contributed by atoms with E-state index in [0.29, 0.717) is 10.8 Å². The summed E-state index contributed by atoms with van der Waals surface area (Å²) in [6, 6.07) is 0.353. The van der Waals surface area contributed by atoms with Gasteiger partial charge in [0.25, 0.3) is 0 Å². The Kier molecular flexibility index (Phi) is 5.48. The second-order valence-electron chi connectivity index (χ2n) is 6.79. The van der Waals surface area contributed by atoms with Crippen molar-refractivity contribution in [2.45, 2.75) is 63.5 Å². The maximum Gasteiger partial charge on any atom is 0.233 e. The summed E-state index contributed by atoms with van der Waals surface area (Å²) in [7, 11) is 0. The molecule has 0 saturated carbocycles. The van der Waals surface area contributed by atoms with Gasteiger partial charge in [0.15, 0.2) is 0 Å². The zero-order valence-electron chi connectivity index (χ0n) is 12.5. The van der Waals surface area contributed by atoms with Crippen LogP contribution < -0.4 is 5.32 Å². The van der Waals surface area contributed by atoms with E-state index in [1.165, 1.54) is 0 Å². The smallest absolute Gasteiger partial charge is 0.233 e. The van der Waals surface area contributed by atoms with Gasteiger partial charge in [-0.1, -0.05) is 34.6 Å². The first-order valence-electron chi connectivity index (χ1n) is 6.63. The molecule has 1 saturated heterocycles. The summed E-state index contributed by atoms with van der Waals surface area (Å²) in [5, 5.41) is 3.30. The van der Waals surface area contributed by atoms with Crippen LogP contribution in [0.2, 0.25) is 0 Å². The van der Waals surface area contributed by atoms with Gasteiger partial charge < -0.3 is 5.32 Å². The summed E-state index contributed by atoms with van der Waals surface area (Å²) < 4.78 is 0.298. The van der Waals surface area contributed by atoms with E-state index in [1.807, 2.05) is 18.0 Å². The van der Waals surface area contributed by atoms with Crippen molar-refractivity contribution in [1.82, 2.24) is 5.32 Å². The van der Waals surface area contributed by atoms with Crippen LogP contribution in [0.25, 0.3) is 0 Å². The molecule has 2 atom stereocenters. The van der Waals surface area contributed by atoms with Crippen LogP contribution in [0.4, 0.5) is 0 Å². The standard InChI is InChI=1S/C14H27NOS2/c1-13(2,3)11(17-6)12(16)15-10-7-8-18-14(4,5)9-10/h10-11H,7-9H2,1-6H3,(H,15,16). The van der Waals surface area contributed by atoms with Gasteiger partial charge >= 0.3 is 0 Å². The van der Waals surface area contributed by atoms with Gasteiger partial charge in [0.2, 0.25) is 5.91 Å². The lowest BCUT2D eigenvalue weighted by Gasteiger charge is -2.36. The number of rotatable bonds is 3. The van der Waals surface area contributed by atoms with Gasteiger partial charge in [0, 0.05) is 10.8 Å². The van der Waals surface area contributed by atoms with Gasteiger partial charge in [-0.05, 0) is 30.3 Å². The summed E-state index contributed by atoms with van der Waals surface area (Å²) in [6.07, 6.45) is 4.20. The van der Waals surface area contributed by atoms with Gasteiger partial charge in [-0.15, -0.1) is 0 Å². The highest BCUT2D eigenvalue weighted by Crippen LogP contribution is 2.36. The van der Waals surface area contributed by atoms with Crippen molar-refractivity contribution >= 4 is 29.4 Å². The highest BCUT2D eigenvalue weighted by atomic mass is 32.2. The molecule has 2 unspecified atom stereocenters. The third-order valence-corrected chi connectivity index (χ3v) is 6.08. The molecule has 18 heavy (non-hydrogen) atoms. The Labute approximate surface area is 120 Å². The second-order valence-corrected chi connectivity index (χ2v) is 9.53. The van der Waals surface area contributed by atoms with Crippen LogP contribution in [0.15, 0.2) is 0 Å². The quantitative estimate of drug-likeness (QED) is 0.861. The Hall–Kier alpha value is 0.170. The molecule has 0 aliphatic carbocycles. The predicted octanol–water partition coefficient (Wildman–Crippen LogP) is 3.55. The van der Waals surface area contributed by atoms with Gasteiger partial charge in [0.05, 0.1) is 5.25 Å². The van der Waals surface area contributed by atoms with Gasteiger partial charge in [-0.2, -0.15) is 23.5 Å². The van der Waals surface area contributed by atoms with Crippen LogP contribution in [0.1, 0.15) is 47.5 Å². The lowest BCUT2D eigenvalue weighted by molar-refractivity contribution is -0.122. The lowest BCUT2D eigenvalue weighted by atomic mass is 9.90. The molecule has 1 fully saturated rings. The van der Waals surface area contributed by atoms with Gasteiger partial charge in [-0.25, -0.2) is 0 Å². The average molecular weight is 290 g/mol. The van der Waals surface area contributed by atoms with Crippen LogP contribution in [-0.4, -0.2) is 34.0 Å². The Balaban J connectivity index is 2.59. The highest BCUT2D eigenvalue weighted by Gasteiger charge is 2.34. The van der Waals surface area contributed by atoms with E-state index in [0.717, 1.165) is 18.6 Å². The van der Waals surface area contributed by atoms with E-state index in [4.69, 9.17) is 0 Å². The number of amides is 1. The molecule has 106 valence electrons. The molecular formula is C14H27NOS2. The Morgan fingerprint density at radius 3 is 2.50 bits per heavy atom. The fraction of sp³-hybridized carbons (Fsp3) is 0.929. The first kappa shape index (κ1) is 16.2. The molecule has 0 spiro atoms. The van der Waals surface area contributed by atoms with Crippen LogP contribution in [0, 0.1) is 5.41 Å². The normalized spacial score (nSPS) is 25.6. The Morgan fingerprint density at radius 1 is 1.44 bits per heavy atom. The molecule has 1 amide bonds. The molecule has 1 aliphatic heterocycles. The maximum atomic E-state index is 12.4. The molecule has 0 aromatic rings. The van der Waals surface area contributed by atoms with Crippen molar-refractivity contribution in [3.8, 4) is 0 Å². The Bertz CT molecular complexity index is 297. The van der Waals surface area contributed by atoms with E-state index in [1.54, 1.807) is 11.8 Å². The van der Waals surface area contributed by atoms with E-state index >= 15 is 0 Å². The second kappa shape index (κ2) is 6.08. The SMILES string of the molecule is CSC(C(=O)NC1CCSC(C)(C)C1)C(C)(C)C. The van der Waals surface area contributed by atoms with Crippen molar-refractivity contribution in [3.05, 3.63) is 0 Å². The maximum absolute atomic E-state index is 12.4. The molecule has 1 rings (SSSR count). The minimum absolute atomic E-state index is 0.0163. The van der Waals surface area contributed by atoms with Crippen LogP contribution in [0.5, 0.6) is 0 Å². The van der Waals surface area contributed by atoms with Crippen molar-refractivity contribution in [3.63, 3.8) is 0 Å².